The third-order valence-electron chi connectivity index (χ3n) is 3.29. The first-order chi connectivity index (χ1) is 11.6. The monoisotopic (exact) mass is 373 g/mol. The number of benzene rings is 2. The molecule has 5 nitrogen and oxygen atoms in total. The van der Waals surface area contributed by atoms with Gasteiger partial charge in [-0.05, 0) is 49.0 Å². The van der Waals surface area contributed by atoms with E-state index in [-0.39, 0.29) is 22.6 Å². The smallest absolute Gasteiger partial charge is 0.416 e. The van der Waals surface area contributed by atoms with Gasteiger partial charge in [0, 0.05) is 0 Å². The molecule has 0 saturated heterocycles. The highest BCUT2D eigenvalue weighted by atomic mass is 32.2. The largest absolute Gasteiger partial charge is 0.457 e. The average molecular weight is 373 g/mol. The van der Waals surface area contributed by atoms with E-state index in [4.69, 9.17) is 4.74 Å². The molecule has 134 valence electrons. The lowest BCUT2D eigenvalue weighted by atomic mass is 10.1. The maximum atomic E-state index is 12.6. The molecule has 0 radical (unpaired) electrons. The van der Waals surface area contributed by atoms with Crippen LogP contribution in [0.1, 0.15) is 21.5 Å². The van der Waals surface area contributed by atoms with Crippen LogP contribution in [0.5, 0.6) is 0 Å². The minimum atomic E-state index is -4.48. The SMILES string of the molecule is CNS(=O)(=O)c1ccc(C(=O)OCc2cccc(C(F)(F)F)c2)cc1. The lowest BCUT2D eigenvalue weighted by Gasteiger charge is -2.09. The van der Waals surface area contributed by atoms with Crippen LogP contribution in [0.2, 0.25) is 0 Å². The number of hydrogen-bond donors (Lipinski definition) is 1. The predicted molar refractivity (Wildman–Crippen MR) is 83.3 cm³/mol. The minimum absolute atomic E-state index is 0.0237. The Labute approximate surface area is 142 Å². The van der Waals surface area contributed by atoms with Crippen LogP contribution in [-0.4, -0.2) is 21.4 Å². The van der Waals surface area contributed by atoms with Crippen LogP contribution >= 0.6 is 0 Å². The number of ether oxygens (including phenoxy) is 1. The van der Waals surface area contributed by atoms with Crippen LogP contribution in [0.4, 0.5) is 13.2 Å². The van der Waals surface area contributed by atoms with E-state index in [9.17, 15) is 26.4 Å². The van der Waals surface area contributed by atoms with Gasteiger partial charge in [-0.25, -0.2) is 17.9 Å². The first-order valence-corrected chi connectivity index (χ1v) is 8.48. The molecular formula is C16H14F3NO4S. The molecule has 0 bridgehead atoms. The van der Waals surface area contributed by atoms with E-state index in [2.05, 4.69) is 4.72 Å². The summed E-state index contributed by atoms with van der Waals surface area (Å²) < 4.78 is 68.2. The predicted octanol–water partition coefficient (Wildman–Crippen LogP) is 2.97. The number of alkyl halides is 3. The fourth-order valence-corrected chi connectivity index (χ4v) is 2.69. The molecule has 0 atom stereocenters. The molecule has 25 heavy (non-hydrogen) atoms. The van der Waals surface area contributed by atoms with Gasteiger partial charge in [-0.1, -0.05) is 12.1 Å². The quantitative estimate of drug-likeness (QED) is 0.818. The van der Waals surface area contributed by atoms with Crippen LogP contribution < -0.4 is 4.72 Å². The summed E-state index contributed by atoms with van der Waals surface area (Å²) in [6.07, 6.45) is -4.48. The zero-order valence-electron chi connectivity index (χ0n) is 13.0. The number of sulfonamides is 1. The molecule has 0 fully saturated rings. The molecule has 0 aliphatic carbocycles. The first kappa shape index (κ1) is 18.9. The molecule has 0 aliphatic rings. The van der Waals surface area contributed by atoms with Gasteiger partial charge in [0.15, 0.2) is 0 Å². The Morgan fingerprint density at radius 3 is 2.32 bits per heavy atom. The van der Waals surface area contributed by atoms with E-state index >= 15 is 0 Å². The van der Waals surface area contributed by atoms with E-state index in [1.54, 1.807) is 0 Å². The molecule has 0 amide bonds. The Kier molecular flexibility index (Phi) is 5.48. The summed E-state index contributed by atoms with van der Waals surface area (Å²) in [4.78, 5) is 11.9. The van der Waals surface area contributed by atoms with Gasteiger partial charge in [0.1, 0.15) is 6.61 Å². The van der Waals surface area contributed by atoms with Crippen LogP contribution in [-0.2, 0) is 27.5 Å². The van der Waals surface area contributed by atoms with Crippen LogP contribution in [0.25, 0.3) is 0 Å². The standard InChI is InChI=1S/C16H14F3NO4S/c1-20-25(22,23)14-7-5-12(6-8-14)15(21)24-10-11-3-2-4-13(9-11)16(17,18)19/h2-9,20H,10H2,1H3. The molecule has 1 N–H and O–H groups in total. The van der Waals surface area contributed by atoms with E-state index in [1.807, 2.05) is 0 Å². The third-order valence-corrected chi connectivity index (χ3v) is 4.72. The highest BCUT2D eigenvalue weighted by molar-refractivity contribution is 7.89. The van der Waals surface area contributed by atoms with Gasteiger partial charge in [-0.2, -0.15) is 13.2 Å². The Morgan fingerprint density at radius 1 is 1.12 bits per heavy atom. The number of hydrogen-bond acceptors (Lipinski definition) is 4. The van der Waals surface area contributed by atoms with Crippen molar-refractivity contribution in [1.29, 1.82) is 0 Å². The summed E-state index contributed by atoms with van der Waals surface area (Å²) in [5, 5.41) is 0. The van der Waals surface area contributed by atoms with Crippen molar-refractivity contribution >= 4 is 16.0 Å². The molecule has 0 spiro atoms. The van der Waals surface area contributed by atoms with Gasteiger partial charge in [-0.3, -0.25) is 0 Å². The number of rotatable bonds is 5. The molecule has 9 heteroatoms. The summed E-state index contributed by atoms with van der Waals surface area (Å²) in [6.45, 7) is -0.334. The maximum absolute atomic E-state index is 12.6. The number of esters is 1. The van der Waals surface area contributed by atoms with Gasteiger partial charge < -0.3 is 4.74 Å². The van der Waals surface area contributed by atoms with Gasteiger partial charge >= 0.3 is 12.1 Å². The summed E-state index contributed by atoms with van der Waals surface area (Å²) in [5.74, 6) is -0.772. The van der Waals surface area contributed by atoms with Crippen molar-refractivity contribution in [2.45, 2.75) is 17.7 Å². The summed E-state index contributed by atoms with van der Waals surface area (Å²) in [6, 6.07) is 9.44. The zero-order valence-corrected chi connectivity index (χ0v) is 13.8. The Morgan fingerprint density at radius 2 is 1.76 bits per heavy atom. The number of carbonyl (C=O) groups is 1. The highest BCUT2D eigenvalue weighted by Crippen LogP contribution is 2.29. The summed E-state index contributed by atoms with van der Waals surface area (Å²) >= 11 is 0. The summed E-state index contributed by atoms with van der Waals surface area (Å²) in [5.41, 5.74) is -0.553. The molecule has 0 saturated carbocycles. The molecule has 2 aromatic carbocycles. The number of halogens is 3. The Bertz CT molecular complexity index is 862. The second kappa shape index (κ2) is 7.24. The Balaban J connectivity index is 2.06. The van der Waals surface area contributed by atoms with Crippen molar-refractivity contribution in [2.75, 3.05) is 7.05 Å². The molecule has 0 aliphatic heterocycles. The molecule has 2 aromatic rings. The molecule has 0 aromatic heterocycles. The zero-order chi connectivity index (χ0) is 18.7. The summed E-state index contributed by atoms with van der Waals surface area (Å²) in [7, 11) is -2.37. The van der Waals surface area contributed by atoms with E-state index in [0.717, 1.165) is 12.1 Å². The van der Waals surface area contributed by atoms with Crippen LogP contribution in [0, 0.1) is 0 Å². The molecule has 0 heterocycles. The first-order valence-electron chi connectivity index (χ1n) is 7.00. The fraction of sp³-hybridized carbons (Fsp3) is 0.188. The highest BCUT2D eigenvalue weighted by Gasteiger charge is 2.30. The third kappa shape index (κ3) is 4.80. The fourth-order valence-electron chi connectivity index (χ4n) is 1.96. The average Bonchev–Trinajstić information content (AvgIpc) is 2.59. The Hall–Kier alpha value is -2.39. The maximum Gasteiger partial charge on any atom is 0.416 e. The van der Waals surface area contributed by atoms with Gasteiger partial charge in [0.2, 0.25) is 10.0 Å². The molecular weight excluding hydrogens is 359 g/mol. The van der Waals surface area contributed by atoms with Gasteiger partial charge in [-0.15, -0.1) is 0 Å². The van der Waals surface area contributed by atoms with Crippen molar-refractivity contribution in [2.24, 2.45) is 0 Å². The second-order valence-corrected chi connectivity index (χ2v) is 6.89. The van der Waals surface area contributed by atoms with Crippen molar-refractivity contribution in [3.05, 3.63) is 65.2 Å². The number of nitrogens with one attached hydrogen (secondary N) is 1. The van der Waals surface area contributed by atoms with Crippen molar-refractivity contribution < 1.29 is 31.1 Å². The molecule has 2 rings (SSSR count). The van der Waals surface area contributed by atoms with Gasteiger partial charge in [0.05, 0.1) is 16.0 Å². The van der Waals surface area contributed by atoms with E-state index < -0.39 is 27.7 Å². The lowest BCUT2D eigenvalue weighted by molar-refractivity contribution is -0.137. The van der Waals surface area contributed by atoms with Crippen molar-refractivity contribution in [3.8, 4) is 0 Å². The van der Waals surface area contributed by atoms with Gasteiger partial charge in [0.25, 0.3) is 0 Å². The van der Waals surface area contributed by atoms with E-state index in [0.29, 0.717) is 0 Å². The number of carbonyl (C=O) groups excluding carboxylic acids is 1. The van der Waals surface area contributed by atoms with Crippen molar-refractivity contribution in [3.63, 3.8) is 0 Å². The van der Waals surface area contributed by atoms with Crippen LogP contribution in [0.15, 0.2) is 53.4 Å². The topological polar surface area (TPSA) is 72.5 Å². The second-order valence-electron chi connectivity index (χ2n) is 5.01. The van der Waals surface area contributed by atoms with Crippen LogP contribution in [0.3, 0.4) is 0 Å². The lowest BCUT2D eigenvalue weighted by Crippen LogP contribution is -2.18. The normalized spacial score (nSPS) is 12.0. The van der Waals surface area contributed by atoms with Crippen molar-refractivity contribution in [1.82, 2.24) is 4.72 Å². The molecule has 0 unspecified atom stereocenters. The van der Waals surface area contributed by atoms with E-state index in [1.165, 1.54) is 43.4 Å². The minimum Gasteiger partial charge on any atom is -0.457 e.